The maximum atomic E-state index is 10.8. The molecule has 2 N–H and O–H groups in total. The summed E-state index contributed by atoms with van der Waals surface area (Å²) < 4.78 is 5.62. The van der Waals surface area contributed by atoms with E-state index in [9.17, 15) is 9.59 Å². The lowest BCUT2D eigenvalue weighted by molar-refractivity contribution is -0.142. The molecule has 0 amide bonds. The molecule has 2 rings (SSSR count). The average molecular weight is 330 g/mol. The zero-order chi connectivity index (χ0) is 17.4. The molecule has 0 bridgehead atoms. The van der Waals surface area contributed by atoms with Crippen LogP contribution in [0.25, 0.3) is 0 Å². The van der Waals surface area contributed by atoms with Gasteiger partial charge in [-0.05, 0) is 24.3 Å². The fraction of sp³-hybridized carbons (Fsp3) is 0.235. The van der Waals surface area contributed by atoms with Gasteiger partial charge in [0.25, 0.3) is 0 Å². The van der Waals surface area contributed by atoms with Crippen LogP contribution in [0.4, 0.5) is 0 Å². The highest BCUT2D eigenvalue weighted by Gasteiger charge is 2.14. The van der Waals surface area contributed by atoms with Gasteiger partial charge in [-0.1, -0.05) is 24.3 Å². The largest absolute Gasteiger partial charge is 0.487 e. The van der Waals surface area contributed by atoms with Crippen LogP contribution in [0.5, 0.6) is 5.75 Å². The number of pyridine rings is 1. The van der Waals surface area contributed by atoms with Gasteiger partial charge >= 0.3 is 11.9 Å². The minimum Gasteiger partial charge on any atom is -0.487 e. The zero-order valence-electron chi connectivity index (χ0n) is 13.0. The van der Waals surface area contributed by atoms with Crippen LogP contribution in [0.15, 0.2) is 48.5 Å². The van der Waals surface area contributed by atoms with E-state index >= 15 is 0 Å². The third-order valence-electron chi connectivity index (χ3n) is 3.10. The van der Waals surface area contributed by atoms with Gasteiger partial charge in [-0.2, -0.15) is 0 Å². The van der Waals surface area contributed by atoms with Gasteiger partial charge in [0.1, 0.15) is 12.4 Å². The predicted molar refractivity (Wildman–Crippen MR) is 85.6 cm³/mol. The van der Waals surface area contributed by atoms with Crippen LogP contribution in [-0.4, -0.2) is 45.1 Å². The number of hydrogen-bond acceptors (Lipinski definition) is 5. The fourth-order valence-electron chi connectivity index (χ4n) is 2.15. The highest BCUT2D eigenvalue weighted by molar-refractivity contribution is 5.72. The van der Waals surface area contributed by atoms with E-state index in [1.807, 2.05) is 30.3 Å². The lowest BCUT2D eigenvalue weighted by Gasteiger charge is -2.17. The summed E-state index contributed by atoms with van der Waals surface area (Å²) in [5.74, 6) is -1.44. The minimum atomic E-state index is -1.08. The summed E-state index contributed by atoms with van der Waals surface area (Å²) in [4.78, 5) is 27.4. The van der Waals surface area contributed by atoms with Crippen molar-refractivity contribution in [3.05, 3.63) is 59.9 Å². The number of carbonyl (C=O) groups is 2. The number of nitrogens with zero attached hydrogens (tertiary/aromatic N) is 2. The second kappa shape index (κ2) is 8.64. The summed E-state index contributed by atoms with van der Waals surface area (Å²) in [6.07, 6.45) is 0. The standard InChI is InChI=1S/C17H18N2O5/c20-16(21)10-19(11-17(22)23)9-13-5-4-6-14(18-13)12-24-15-7-2-1-3-8-15/h1-8H,9-12H2,(H,20,21)(H,22,23). The van der Waals surface area contributed by atoms with Gasteiger partial charge in [0, 0.05) is 6.54 Å². The maximum Gasteiger partial charge on any atom is 0.317 e. The number of benzene rings is 1. The van der Waals surface area contributed by atoms with E-state index in [-0.39, 0.29) is 26.2 Å². The molecule has 0 fully saturated rings. The SMILES string of the molecule is O=C(O)CN(CC(=O)O)Cc1cccc(COc2ccccc2)n1. The number of aromatic nitrogens is 1. The molecule has 1 aromatic heterocycles. The summed E-state index contributed by atoms with van der Waals surface area (Å²) in [6, 6.07) is 14.6. The van der Waals surface area contributed by atoms with E-state index in [1.165, 1.54) is 4.90 Å². The van der Waals surface area contributed by atoms with Crippen molar-refractivity contribution in [2.45, 2.75) is 13.2 Å². The van der Waals surface area contributed by atoms with Gasteiger partial charge in [0.15, 0.2) is 0 Å². The number of aliphatic carboxylic acids is 2. The first-order valence-electron chi connectivity index (χ1n) is 7.31. The minimum absolute atomic E-state index is 0.137. The van der Waals surface area contributed by atoms with Gasteiger partial charge in [0.05, 0.1) is 24.5 Å². The first-order valence-corrected chi connectivity index (χ1v) is 7.31. The average Bonchev–Trinajstić information content (AvgIpc) is 2.53. The molecule has 2 aromatic rings. The Bertz CT molecular complexity index is 674. The van der Waals surface area contributed by atoms with Gasteiger partial charge in [-0.15, -0.1) is 0 Å². The molecular formula is C17H18N2O5. The molecule has 0 aliphatic carbocycles. The molecule has 0 spiro atoms. The second-order valence-electron chi connectivity index (χ2n) is 5.15. The summed E-state index contributed by atoms with van der Waals surface area (Å²) in [7, 11) is 0. The highest BCUT2D eigenvalue weighted by atomic mass is 16.5. The molecule has 7 nitrogen and oxygen atoms in total. The summed E-state index contributed by atoms with van der Waals surface area (Å²) >= 11 is 0. The lowest BCUT2D eigenvalue weighted by Crippen LogP contribution is -2.34. The lowest BCUT2D eigenvalue weighted by atomic mass is 10.3. The second-order valence-corrected chi connectivity index (χ2v) is 5.15. The maximum absolute atomic E-state index is 10.8. The Balaban J connectivity index is 1.99. The Morgan fingerprint density at radius 1 is 0.917 bits per heavy atom. The van der Waals surface area contributed by atoms with E-state index in [2.05, 4.69) is 4.98 Å². The molecule has 0 unspecified atom stereocenters. The first-order chi connectivity index (χ1) is 11.5. The summed E-state index contributed by atoms with van der Waals surface area (Å²) in [5.41, 5.74) is 1.27. The van der Waals surface area contributed by atoms with Crippen LogP contribution in [0, 0.1) is 0 Å². The van der Waals surface area contributed by atoms with E-state index in [0.29, 0.717) is 11.4 Å². The summed E-state index contributed by atoms with van der Waals surface area (Å²) in [6.45, 7) is -0.315. The van der Waals surface area contributed by atoms with Crippen LogP contribution < -0.4 is 4.74 Å². The fourth-order valence-corrected chi connectivity index (χ4v) is 2.15. The number of hydrogen-bond donors (Lipinski definition) is 2. The Labute approximate surface area is 139 Å². The molecule has 0 saturated carbocycles. The van der Waals surface area contributed by atoms with Crippen molar-refractivity contribution in [1.29, 1.82) is 0 Å². The number of carboxylic acid groups (broad SMARTS) is 2. The molecule has 24 heavy (non-hydrogen) atoms. The first kappa shape index (κ1) is 17.4. The number of carboxylic acids is 2. The summed E-state index contributed by atoms with van der Waals surface area (Å²) in [5, 5.41) is 17.7. The number of rotatable bonds is 9. The molecule has 0 atom stereocenters. The molecule has 0 saturated heterocycles. The normalized spacial score (nSPS) is 10.5. The third kappa shape index (κ3) is 6.05. The molecule has 1 heterocycles. The van der Waals surface area contributed by atoms with Crippen LogP contribution in [0.2, 0.25) is 0 Å². The molecule has 7 heteroatoms. The molecular weight excluding hydrogens is 312 g/mol. The van der Waals surface area contributed by atoms with Gasteiger partial charge in [-0.3, -0.25) is 19.5 Å². The predicted octanol–water partition coefficient (Wildman–Crippen LogP) is 1.63. The smallest absolute Gasteiger partial charge is 0.317 e. The van der Waals surface area contributed by atoms with Crippen molar-refractivity contribution >= 4 is 11.9 Å². The highest BCUT2D eigenvalue weighted by Crippen LogP contribution is 2.11. The Hall–Kier alpha value is -2.93. The van der Waals surface area contributed by atoms with Gasteiger partial charge in [-0.25, -0.2) is 0 Å². The Morgan fingerprint density at radius 2 is 1.54 bits per heavy atom. The molecule has 0 aliphatic heterocycles. The zero-order valence-corrected chi connectivity index (χ0v) is 13.0. The molecule has 0 aliphatic rings. The number of para-hydroxylation sites is 1. The Morgan fingerprint density at radius 3 is 2.17 bits per heavy atom. The van der Waals surface area contributed by atoms with E-state index in [1.54, 1.807) is 18.2 Å². The van der Waals surface area contributed by atoms with E-state index in [4.69, 9.17) is 14.9 Å². The van der Waals surface area contributed by atoms with Crippen molar-refractivity contribution < 1.29 is 24.5 Å². The van der Waals surface area contributed by atoms with E-state index in [0.717, 1.165) is 5.75 Å². The van der Waals surface area contributed by atoms with Crippen molar-refractivity contribution in [1.82, 2.24) is 9.88 Å². The monoisotopic (exact) mass is 330 g/mol. The third-order valence-corrected chi connectivity index (χ3v) is 3.10. The molecule has 1 aromatic carbocycles. The topological polar surface area (TPSA) is 100.0 Å². The van der Waals surface area contributed by atoms with Crippen molar-refractivity contribution in [2.24, 2.45) is 0 Å². The quantitative estimate of drug-likeness (QED) is 0.721. The molecule has 126 valence electrons. The van der Waals surface area contributed by atoms with Crippen LogP contribution in [0.3, 0.4) is 0 Å². The van der Waals surface area contributed by atoms with Crippen molar-refractivity contribution in [3.63, 3.8) is 0 Å². The van der Waals surface area contributed by atoms with Crippen molar-refractivity contribution in [3.8, 4) is 5.75 Å². The van der Waals surface area contributed by atoms with Gasteiger partial charge in [0.2, 0.25) is 0 Å². The van der Waals surface area contributed by atoms with Crippen LogP contribution in [0.1, 0.15) is 11.4 Å². The number of ether oxygens (including phenoxy) is 1. The van der Waals surface area contributed by atoms with Crippen LogP contribution >= 0.6 is 0 Å². The van der Waals surface area contributed by atoms with Crippen LogP contribution in [-0.2, 0) is 22.7 Å². The van der Waals surface area contributed by atoms with Crippen molar-refractivity contribution in [2.75, 3.05) is 13.1 Å². The van der Waals surface area contributed by atoms with E-state index < -0.39 is 11.9 Å². The Kier molecular flexibility index (Phi) is 6.27. The molecule has 0 radical (unpaired) electrons. The van der Waals surface area contributed by atoms with Gasteiger partial charge < -0.3 is 14.9 Å².